The Morgan fingerprint density at radius 2 is 2.03 bits per heavy atom. The molecule has 3 rings (SSSR count). The molecule has 3 aromatic rings. The van der Waals surface area contributed by atoms with Gasteiger partial charge in [-0.25, -0.2) is 0 Å². The van der Waals surface area contributed by atoms with E-state index in [2.05, 4.69) is 10.4 Å². The number of aromatic nitrogens is 2. The molecule has 1 heterocycles. The zero-order valence-electron chi connectivity index (χ0n) is 19.4. The Labute approximate surface area is 189 Å². The fourth-order valence-electron chi connectivity index (χ4n) is 3.51. The van der Waals surface area contributed by atoms with Crippen LogP contribution in [0.2, 0.25) is 0 Å². The number of hydrogen-bond acceptors (Lipinski definition) is 4. The van der Waals surface area contributed by atoms with Crippen molar-refractivity contribution in [2.75, 3.05) is 7.11 Å². The first kappa shape index (κ1) is 23.1. The monoisotopic (exact) mass is 433 g/mol. The van der Waals surface area contributed by atoms with Gasteiger partial charge in [0.25, 0.3) is 0 Å². The van der Waals surface area contributed by atoms with Gasteiger partial charge in [0.1, 0.15) is 18.1 Å². The molecule has 32 heavy (non-hydrogen) atoms. The number of methoxy groups -OCH3 is 1. The Hall–Kier alpha value is -3.54. The van der Waals surface area contributed by atoms with Crippen LogP contribution >= 0.6 is 0 Å². The van der Waals surface area contributed by atoms with Gasteiger partial charge >= 0.3 is 0 Å². The summed E-state index contributed by atoms with van der Waals surface area (Å²) in [5.41, 5.74) is 4.90. The first-order chi connectivity index (χ1) is 15.4. The van der Waals surface area contributed by atoms with Crippen LogP contribution in [-0.2, 0) is 17.9 Å². The van der Waals surface area contributed by atoms with Gasteiger partial charge in [0.2, 0.25) is 5.91 Å². The van der Waals surface area contributed by atoms with Crippen molar-refractivity contribution in [3.63, 3.8) is 0 Å². The summed E-state index contributed by atoms with van der Waals surface area (Å²) in [6.45, 7) is 9.16. The van der Waals surface area contributed by atoms with Crippen LogP contribution in [0.15, 0.2) is 54.7 Å². The van der Waals surface area contributed by atoms with Gasteiger partial charge in [-0.05, 0) is 69.2 Å². The minimum absolute atomic E-state index is 0.124. The van der Waals surface area contributed by atoms with Crippen LogP contribution in [0.3, 0.4) is 0 Å². The molecular weight excluding hydrogens is 402 g/mol. The molecular formula is C26H31N3O3. The molecule has 0 saturated carbocycles. The van der Waals surface area contributed by atoms with Crippen LogP contribution in [-0.4, -0.2) is 22.8 Å². The predicted molar refractivity (Wildman–Crippen MR) is 127 cm³/mol. The molecule has 0 fully saturated rings. The van der Waals surface area contributed by atoms with E-state index >= 15 is 0 Å². The molecule has 1 N–H and O–H groups in total. The van der Waals surface area contributed by atoms with Crippen molar-refractivity contribution in [3.05, 3.63) is 82.7 Å². The van der Waals surface area contributed by atoms with E-state index in [1.807, 2.05) is 81.0 Å². The van der Waals surface area contributed by atoms with Crippen LogP contribution in [0.1, 0.15) is 47.8 Å². The van der Waals surface area contributed by atoms with Gasteiger partial charge in [-0.2, -0.15) is 5.10 Å². The number of amides is 1. The van der Waals surface area contributed by atoms with E-state index in [1.165, 1.54) is 0 Å². The third-order valence-corrected chi connectivity index (χ3v) is 5.25. The van der Waals surface area contributed by atoms with Crippen LogP contribution < -0.4 is 14.8 Å². The van der Waals surface area contributed by atoms with E-state index in [9.17, 15) is 4.79 Å². The standard InChI is InChI=1S/C26H31N3O3/c1-6-29-16-24(20(4)28-29)19(3)27-26(30)13-11-21-10-12-25(31-5)22(15-21)17-32-23-9-7-8-18(2)14-23/h7-16,19H,6,17H2,1-5H3,(H,27,30)/b13-11+. The van der Waals surface area contributed by atoms with Gasteiger partial charge < -0.3 is 14.8 Å². The minimum atomic E-state index is -0.158. The number of nitrogens with one attached hydrogen (secondary N) is 1. The topological polar surface area (TPSA) is 65.4 Å². The van der Waals surface area contributed by atoms with Gasteiger partial charge in [0.05, 0.1) is 18.8 Å². The molecule has 2 aromatic carbocycles. The van der Waals surface area contributed by atoms with E-state index in [4.69, 9.17) is 9.47 Å². The van der Waals surface area contributed by atoms with Crippen LogP contribution in [0.25, 0.3) is 6.08 Å². The SMILES string of the molecule is CCn1cc(C(C)NC(=O)/C=C/c2ccc(OC)c(COc3cccc(C)c3)c2)c(C)n1. The first-order valence-electron chi connectivity index (χ1n) is 10.8. The van der Waals surface area contributed by atoms with Crippen molar-refractivity contribution < 1.29 is 14.3 Å². The summed E-state index contributed by atoms with van der Waals surface area (Å²) in [5, 5.41) is 7.45. The number of hydrogen-bond donors (Lipinski definition) is 1. The molecule has 0 aliphatic heterocycles. The molecule has 1 unspecified atom stereocenters. The Morgan fingerprint density at radius 1 is 1.22 bits per heavy atom. The molecule has 1 atom stereocenters. The van der Waals surface area contributed by atoms with Crippen molar-refractivity contribution in [1.29, 1.82) is 0 Å². The third-order valence-electron chi connectivity index (χ3n) is 5.25. The van der Waals surface area contributed by atoms with E-state index in [0.717, 1.165) is 46.0 Å². The lowest BCUT2D eigenvalue weighted by molar-refractivity contribution is -0.117. The number of ether oxygens (including phenoxy) is 2. The van der Waals surface area contributed by atoms with Gasteiger partial charge in [-0.1, -0.05) is 18.2 Å². The molecule has 1 amide bonds. The van der Waals surface area contributed by atoms with Crippen molar-refractivity contribution in [2.45, 2.75) is 46.9 Å². The number of carbonyl (C=O) groups excluding carboxylic acids is 1. The molecule has 0 aliphatic rings. The molecule has 0 spiro atoms. The van der Waals surface area contributed by atoms with Crippen molar-refractivity contribution >= 4 is 12.0 Å². The average molecular weight is 434 g/mol. The fraction of sp³-hybridized carbons (Fsp3) is 0.308. The zero-order chi connectivity index (χ0) is 23.1. The number of benzene rings is 2. The summed E-state index contributed by atoms with van der Waals surface area (Å²) in [4.78, 5) is 12.5. The Bertz CT molecular complexity index is 1100. The molecule has 6 heteroatoms. The molecule has 0 saturated heterocycles. The molecule has 0 radical (unpaired) electrons. The second-order valence-corrected chi connectivity index (χ2v) is 7.77. The average Bonchev–Trinajstić information content (AvgIpc) is 3.17. The van der Waals surface area contributed by atoms with E-state index in [1.54, 1.807) is 19.3 Å². The molecule has 6 nitrogen and oxygen atoms in total. The first-order valence-corrected chi connectivity index (χ1v) is 10.8. The van der Waals surface area contributed by atoms with Crippen LogP contribution in [0.5, 0.6) is 11.5 Å². The lowest BCUT2D eigenvalue weighted by Gasteiger charge is -2.12. The lowest BCUT2D eigenvalue weighted by Crippen LogP contribution is -2.24. The normalized spacial score (nSPS) is 12.0. The van der Waals surface area contributed by atoms with Crippen molar-refractivity contribution in [2.24, 2.45) is 0 Å². The highest BCUT2D eigenvalue weighted by Gasteiger charge is 2.13. The smallest absolute Gasteiger partial charge is 0.244 e. The van der Waals surface area contributed by atoms with E-state index < -0.39 is 0 Å². The predicted octanol–water partition coefficient (Wildman–Crippen LogP) is 5.00. The second-order valence-electron chi connectivity index (χ2n) is 7.77. The fourth-order valence-corrected chi connectivity index (χ4v) is 3.51. The Morgan fingerprint density at radius 3 is 2.72 bits per heavy atom. The summed E-state index contributed by atoms with van der Waals surface area (Å²) < 4.78 is 13.3. The van der Waals surface area contributed by atoms with Crippen molar-refractivity contribution in [1.82, 2.24) is 15.1 Å². The Kier molecular flexibility index (Phi) is 7.71. The number of aryl methyl sites for hydroxylation is 3. The van der Waals surface area contributed by atoms with Gasteiger partial charge in [0, 0.05) is 29.9 Å². The van der Waals surface area contributed by atoms with Crippen LogP contribution in [0, 0.1) is 13.8 Å². The number of nitrogens with zero attached hydrogens (tertiary/aromatic N) is 2. The molecule has 168 valence electrons. The summed E-state index contributed by atoms with van der Waals surface area (Å²) >= 11 is 0. The maximum Gasteiger partial charge on any atom is 0.244 e. The summed E-state index contributed by atoms with van der Waals surface area (Å²) in [6, 6.07) is 13.6. The molecule has 0 aliphatic carbocycles. The molecule has 0 bridgehead atoms. The summed E-state index contributed by atoms with van der Waals surface area (Å²) in [6.07, 6.45) is 5.32. The summed E-state index contributed by atoms with van der Waals surface area (Å²) in [7, 11) is 1.64. The van der Waals surface area contributed by atoms with Gasteiger partial charge in [-0.3, -0.25) is 9.48 Å². The minimum Gasteiger partial charge on any atom is -0.496 e. The van der Waals surface area contributed by atoms with Crippen molar-refractivity contribution in [3.8, 4) is 11.5 Å². The second kappa shape index (κ2) is 10.7. The maximum absolute atomic E-state index is 12.5. The summed E-state index contributed by atoms with van der Waals surface area (Å²) in [5.74, 6) is 1.40. The highest BCUT2D eigenvalue weighted by atomic mass is 16.5. The van der Waals surface area contributed by atoms with E-state index in [0.29, 0.717) is 6.61 Å². The number of carbonyl (C=O) groups is 1. The van der Waals surface area contributed by atoms with E-state index in [-0.39, 0.29) is 11.9 Å². The highest BCUT2D eigenvalue weighted by molar-refractivity contribution is 5.92. The van der Waals surface area contributed by atoms with Gasteiger partial charge in [-0.15, -0.1) is 0 Å². The quantitative estimate of drug-likeness (QED) is 0.483. The van der Waals surface area contributed by atoms with Gasteiger partial charge in [0.15, 0.2) is 0 Å². The van der Waals surface area contributed by atoms with Crippen LogP contribution in [0.4, 0.5) is 0 Å². The maximum atomic E-state index is 12.5. The number of rotatable bonds is 9. The molecule has 1 aromatic heterocycles. The highest BCUT2D eigenvalue weighted by Crippen LogP contribution is 2.23. The zero-order valence-corrected chi connectivity index (χ0v) is 19.4. The largest absolute Gasteiger partial charge is 0.496 e. The Balaban J connectivity index is 1.66. The lowest BCUT2D eigenvalue weighted by atomic mass is 10.1. The third kappa shape index (κ3) is 6.00.